The Morgan fingerprint density at radius 2 is 2.10 bits per heavy atom. The summed E-state index contributed by atoms with van der Waals surface area (Å²) < 4.78 is 13.3. The second kappa shape index (κ2) is 6.54. The quantitative estimate of drug-likeness (QED) is 0.866. The molecule has 2 N–H and O–H groups in total. The maximum atomic E-state index is 13.3. The third kappa shape index (κ3) is 4.16. The summed E-state index contributed by atoms with van der Waals surface area (Å²) in [6.45, 7) is 1.98. The molecule has 0 amide bonds. The van der Waals surface area contributed by atoms with E-state index in [1.54, 1.807) is 6.07 Å². The maximum absolute atomic E-state index is 13.3. The molecule has 0 atom stereocenters. The number of carboxylic acid groups (broad SMARTS) is 1. The molecule has 0 bridgehead atoms. The van der Waals surface area contributed by atoms with Gasteiger partial charge in [-0.05, 0) is 36.8 Å². The van der Waals surface area contributed by atoms with Gasteiger partial charge in [-0.1, -0.05) is 24.9 Å². The first-order chi connectivity index (χ1) is 9.97. The molecule has 0 fully saturated rings. The Morgan fingerprint density at radius 1 is 1.33 bits per heavy atom. The van der Waals surface area contributed by atoms with Crippen molar-refractivity contribution >= 4 is 29.1 Å². The highest BCUT2D eigenvalue weighted by Gasteiger charge is 2.09. The van der Waals surface area contributed by atoms with E-state index in [0.717, 1.165) is 6.42 Å². The van der Waals surface area contributed by atoms with Gasteiger partial charge >= 0.3 is 5.97 Å². The predicted molar refractivity (Wildman–Crippen MR) is 79.9 cm³/mol. The molecule has 0 radical (unpaired) electrons. The number of hydrogen-bond acceptors (Lipinski definition) is 3. The van der Waals surface area contributed by atoms with Crippen molar-refractivity contribution in [2.24, 2.45) is 0 Å². The first kappa shape index (κ1) is 15.3. The van der Waals surface area contributed by atoms with Crippen LogP contribution in [0.15, 0.2) is 30.3 Å². The van der Waals surface area contributed by atoms with Crippen LogP contribution in [0.1, 0.15) is 29.4 Å². The molecule has 0 aliphatic rings. The van der Waals surface area contributed by atoms with Gasteiger partial charge in [-0.25, -0.2) is 14.2 Å². The van der Waals surface area contributed by atoms with Crippen LogP contribution >= 0.6 is 11.6 Å². The summed E-state index contributed by atoms with van der Waals surface area (Å²) in [6, 6.07) is 6.94. The minimum atomic E-state index is -1.03. The molecule has 0 spiro atoms. The number of nitrogens with zero attached hydrogens (tertiary/aromatic N) is 1. The fourth-order valence-corrected chi connectivity index (χ4v) is 2.16. The van der Waals surface area contributed by atoms with Crippen LogP contribution in [0.3, 0.4) is 0 Å². The zero-order valence-corrected chi connectivity index (χ0v) is 12.1. The topological polar surface area (TPSA) is 62.2 Å². The van der Waals surface area contributed by atoms with Gasteiger partial charge < -0.3 is 10.4 Å². The van der Waals surface area contributed by atoms with E-state index >= 15 is 0 Å². The van der Waals surface area contributed by atoms with E-state index in [4.69, 9.17) is 16.7 Å². The van der Waals surface area contributed by atoms with E-state index in [0.29, 0.717) is 23.6 Å². The standard InChI is InChI=1S/C15H14ClFN2O2/c1-2-3-12-4-9(15(20)21)5-14(18-12)19-13-7-10(16)6-11(17)8-13/h4-8H,2-3H2,1H3,(H,18,19)(H,20,21). The number of pyridine rings is 1. The smallest absolute Gasteiger partial charge is 0.335 e. The van der Waals surface area contributed by atoms with Crippen molar-refractivity contribution in [3.63, 3.8) is 0 Å². The van der Waals surface area contributed by atoms with E-state index in [-0.39, 0.29) is 10.6 Å². The van der Waals surface area contributed by atoms with Crippen molar-refractivity contribution in [3.05, 3.63) is 52.4 Å². The van der Waals surface area contributed by atoms with Gasteiger partial charge in [0.15, 0.2) is 0 Å². The first-order valence-electron chi connectivity index (χ1n) is 6.45. The maximum Gasteiger partial charge on any atom is 0.335 e. The largest absolute Gasteiger partial charge is 0.478 e. The van der Waals surface area contributed by atoms with Crippen LogP contribution in [0.25, 0.3) is 0 Å². The number of benzene rings is 1. The Hall–Kier alpha value is -2.14. The Balaban J connectivity index is 2.35. The number of carboxylic acids is 1. The third-order valence-electron chi connectivity index (χ3n) is 2.77. The first-order valence-corrected chi connectivity index (χ1v) is 6.83. The van der Waals surface area contributed by atoms with Crippen LogP contribution < -0.4 is 5.32 Å². The van der Waals surface area contributed by atoms with Crippen molar-refractivity contribution < 1.29 is 14.3 Å². The average molecular weight is 309 g/mol. The lowest BCUT2D eigenvalue weighted by molar-refractivity contribution is 0.0696. The van der Waals surface area contributed by atoms with Crippen LogP contribution in [-0.4, -0.2) is 16.1 Å². The highest BCUT2D eigenvalue weighted by atomic mass is 35.5. The van der Waals surface area contributed by atoms with E-state index in [9.17, 15) is 9.18 Å². The van der Waals surface area contributed by atoms with Crippen molar-refractivity contribution in [2.75, 3.05) is 5.32 Å². The number of anilines is 2. The minimum absolute atomic E-state index is 0.137. The summed E-state index contributed by atoms with van der Waals surface area (Å²) >= 11 is 5.78. The van der Waals surface area contributed by atoms with E-state index in [1.807, 2.05) is 6.92 Å². The van der Waals surface area contributed by atoms with Crippen LogP contribution in [-0.2, 0) is 6.42 Å². The number of aromatic carboxylic acids is 1. The Kier molecular flexibility index (Phi) is 4.75. The fraction of sp³-hybridized carbons (Fsp3) is 0.200. The Labute approximate surface area is 126 Å². The molecule has 2 rings (SSSR count). The van der Waals surface area contributed by atoms with Gasteiger partial charge in [-0.2, -0.15) is 0 Å². The van der Waals surface area contributed by atoms with Crippen LogP contribution in [0.5, 0.6) is 0 Å². The minimum Gasteiger partial charge on any atom is -0.478 e. The normalized spacial score (nSPS) is 10.4. The van der Waals surface area contributed by atoms with Gasteiger partial charge in [0.05, 0.1) is 5.56 Å². The van der Waals surface area contributed by atoms with Crippen LogP contribution in [0.4, 0.5) is 15.9 Å². The molecule has 2 aromatic rings. The average Bonchev–Trinajstić information content (AvgIpc) is 2.37. The van der Waals surface area contributed by atoms with Crippen LogP contribution in [0, 0.1) is 5.82 Å². The highest BCUT2D eigenvalue weighted by Crippen LogP contribution is 2.22. The summed E-state index contributed by atoms with van der Waals surface area (Å²) in [5, 5.41) is 12.3. The number of rotatable bonds is 5. The number of nitrogens with one attached hydrogen (secondary N) is 1. The molecule has 1 aromatic heterocycles. The molecular weight excluding hydrogens is 295 g/mol. The molecule has 0 aliphatic heterocycles. The number of aromatic nitrogens is 1. The molecule has 21 heavy (non-hydrogen) atoms. The van der Waals surface area contributed by atoms with Gasteiger partial charge in [0.25, 0.3) is 0 Å². The lowest BCUT2D eigenvalue weighted by Gasteiger charge is -2.09. The second-order valence-corrected chi connectivity index (χ2v) is 5.01. The van der Waals surface area contributed by atoms with Gasteiger partial charge in [-0.15, -0.1) is 0 Å². The molecule has 1 aromatic carbocycles. The zero-order chi connectivity index (χ0) is 15.4. The number of aryl methyl sites for hydroxylation is 1. The predicted octanol–water partition coefficient (Wildman–Crippen LogP) is 4.27. The molecular formula is C15H14ClFN2O2. The lowest BCUT2D eigenvalue weighted by atomic mass is 10.1. The summed E-state index contributed by atoms with van der Waals surface area (Å²) in [7, 11) is 0. The van der Waals surface area contributed by atoms with Gasteiger partial charge in [0.2, 0.25) is 0 Å². The second-order valence-electron chi connectivity index (χ2n) is 4.57. The Morgan fingerprint density at radius 3 is 2.71 bits per heavy atom. The molecule has 0 aliphatic carbocycles. The number of carbonyl (C=O) groups is 1. The Bertz CT molecular complexity index is 656. The lowest BCUT2D eigenvalue weighted by Crippen LogP contribution is -2.04. The monoisotopic (exact) mass is 308 g/mol. The molecule has 0 saturated carbocycles. The molecule has 0 saturated heterocycles. The highest BCUT2D eigenvalue weighted by molar-refractivity contribution is 6.30. The molecule has 4 nitrogen and oxygen atoms in total. The molecule has 0 unspecified atom stereocenters. The fourth-order valence-electron chi connectivity index (χ4n) is 1.93. The van der Waals surface area contributed by atoms with Gasteiger partial charge in [0.1, 0.15) is 11.6 Å². The van der Waals surface area contributed by atoms with Crippen molar-refractivity contribution in [1.82, 2.24) is 4.98 Å². The zero-order valence-electron chi connectivity index (χ0n) is 11.4. The third-order valence-corrected chi connectivity index (χ3v) is 2.98. The van der Waals surface area contributed by atoms with E-state index in [2.05, 4.69) is 10.3 Å². The van der Waals surface area contributed by atoms with E-state index < -0.39 is 11.8 Å². The SMILES string of the molecule is CCCc1cc(C(=O)O)cc(Nc2cc(F)cc(Cl)c2)n1. The number of hydrogen-bond donors (Lipinski definition) is 2. The van der Waals surface area contributed by atoms with Crippen LogP contribution in [0.2, 0.25) is 5.02 Å². The van der Waals surface area contributed by atoms with Gasteiger partial charge in [-0.3, -0.25) is 0 Å². The van der Waals surface area contributed by atoms with Crippen molar-refractivity contribution in [3.8, 4) is 0 Å². The molecule has 110 valence electrons. The molecule has 6 heteroatoms. The summed E-state index contributed by atoms with van der Waals surface area (Å²) in [4.78, 5) is 15.5. The van der Waals surface area contributed by atoms with E-state index in [1.165, 1.54) is 24.3 Å². The molecule has 1 heterocycles. The number of halogens is 2. The summed E-state index contributed by atoms with van der Waals surface area (Å²) in [6.07, 6.45) is 1.51. The summed E-state index contributed by atoms with van der Waals surface area (Å²) in [5.74, 6) is -1.16. The van der Waals surface area contributed by atoms with Gasteiger partial charge in [0, 0.05) is 16.4 Å². The summed E-state index contributed by atoms with van der Waals surface area (Å²) in [5.41, 5.74) is 1.22. The van der Waals surface area contributed by atoms with Crippen molar-refractivity contribution in [1.29, 1.82) is 0 Å². The van der Waals surface area contributed by atoms with Crippen molar-refractivity contribution in [2.45, 2.75) is 19.8 Å².